The van der Waals surface area contributed by atoms with Crippen LogP contribution in [0, 0.1) is 17.0 Å². The zero-order valence-corrected chi connectivity index (χ0v) is 18.1. The van der Waals surface area contributed by atoms with Gasteiger partial charge in [0.1, 0.15) is 18.0 Å². The van der Waals surface area contributed by atoms with Crippen molar-refractivity contribution in [1.82, 2.24) is 25.5 Å². The zero-order chi connectivity index (χ0) is 24.4. The summed E-state index contributed by atoms with van der Waals surface area (Å²) in [6, 6.07) is 8.91. The standard InChI is InChI=1S/C23H21F4N5O2/c1-28-19(33)14-2-4-15(5-3-14)20-9-21(10-20,11-20)23(26,27)22(34,12-32-13-29-30-31-32)17-7-6-16(24)8-18(17)25/h2-8,13,34H,9-12H2,1H3,(H,28,33). The van der Waals surface area contributed by atoms with Gasteiger partial charge >= 0.3 is 0 Å². The molecule has 0 radical (unpaired) electrons. The van der Waals surface area contributed by atoms with E-state index in [1.165, 1.54) is 7.05 Å². The van der Waals surface area contributed by atoms with Gasteiger partial charge in [0.15, 0.2) is 5.60 Å². The fourth-order valence-electron chi connectivity index (χ4n) is 5.65. The van der Waals surface area contributed by atoms with Crippen molar-refractivity contribution < 1.29 is 27.5 Å². The SMILES string of the molecule is CNC(=O)c1ccc(C23CC(C(F)(F)C(O)(Cn4cnnn4)c4ccc(F)cc4F)(C2)C3)cc1. The molecule has 1 amide bonds. The second-order valence-corrected chi connectivity index (χ2v) is 9.31. The van der Waals surface area contributed by atoms with E-state index in [0.717, 1.165) is 28.7 Å². The molecule has 6 rings (SSSR count). The molecule has 3 aliphatic rings. The highest BCUT2D eigenvalue weighted by atomic mass is 19.3. The van der Waals surface area contributed by atoms with Gasteiger partial charge in [0, 0.05) is 29.7 Å². The highest BCUT2D eigenvalue weighted by Crippen LogP contribution is 2.80. The molecule has 34 heavy (non-hydrogen) atoms. The second kappa shape index (κ2) is 7.33. The third-order valence-corrected chi connectivity index (χ3v) is 7.36. The summed E-state index contributed by atoms with van der Waals surface area (Å²) >= 11 is 0. The van der Waals surface area contributed by atoms with Gasteiger partial charge in [0.05, 0.1) is 6.54 Å². The van der Waals surface area contributed by atoms with Gasteiger partial charge < -0.3 is 10.4 Å². The number of nitrogens with one attached hydrogen (secondary N) is 1. The van der Waals surface area contributed by atoms with Crippen molar-refractivity contribution in [2.24, 2.45) is 5.41 Å². The van der Waals surface area contributed by atoms with Crippen LogP contribution in [0.3, 0.4) is 0 Å². The molecule has 3 saturated carbocycles. The Morgan fingerprint density at radius 1 is 1.15 bits per heavy atom. The molecule has 3 fully saturated rings. The second-order valence-electron chi connectivity index (χ2n) is 9.31. The number of amides is 1. The lowest BCUT2D eigenvalue weighted by atomic mass is 9.30. The highest BCUT2D eigenvalue weighted by Gasteiger charge is 2.82. The molecule has 2 aromatic carbocycles. The number of hydrogen-bond acceptors (Lipinski definition) is 5. The molecular formula is C23H21F4N5O2. The van der Waals surface area contributed by atoms with Crippen LogP contribution >= 0.6 is 0 Å². The number of aliphatic hydroxyl groups is 1. The fraction of sp³-hybridized carbons (Fsp3) is 0.391. The van der Waals surface area contributed by atoms with E-state index in [4.69, 9.17) is 0 Å². The molecule has 1 aromatic heterocycles. The zero-order valence-electron chi connectivity index (χ0n) is 18.1. The van der Waals surface area contributed by atoms with Crippen LogP contribution in [-0.4, -0.2) is 44.2 Å². The molecule has 7 nitrogen and oxygen atoms in total. The predicted molar refractivity (Wildman–Crippen MR) is 111 cm³/mol. The number of halogens is 4. The summed E-state index contributed by atoms with van der Waals surface area (Å²) in [6.07, 6.45) is 1.27. The van der Waals surface area contributed by atoms with Crippen molar-refractivity contribution in [2.45, 2.75) is 42.7 Å². The van der Waals surface area contributed by atoms with Crippen LogP contribution in [0.2, 0.25) is 0 Å². The van der Waals surface area contributed by atoms with Gasteiger partial charge in [-0.1, -0.05) is 12.1 Å². The quantitative estimate of drug-likeness (QED) is 0.513. The molecule has 0 aliphatic heterocycles. The summed E-state index contributed by atoms with van der Waals surface area (Å²) < 4.78 is 61.4. The Balaban J connectivity index is 1.46. The highest BCUT2D eigenvalue weighted by molar-refractivity contribution is 5.94. The first-order valence-electron chi connectivity index (χ1n) is 10.7. The topological polar surface area (TPSA) is 92.9 Å². The van der Waals surface area contributed by atoms with Crippen LogP contribution in [0.25, 0.3) is 0 Å². The Morgan fingerprint density at radius 2 is 1.82 bits per heavy atom. The lowest BCUT2D eigenvalue weighted by Gasteiger charge is -2.74. The first-order valence-corrected chi connectivity index (χ1v) is 10.7. The predicted octanol–water partition coefficient (Wildman–Crippen LogP) is 2.96. The van der Waals surface area contributed by atoms with Gasteiger partial charge in [0.2, 0.25) is 0 Å². The molecule has 0 saturated heterocycles. The molecule has 3 aromatic rings. The minimum absolute atomic E-state index is 0.0764. The van der Waals surface area contributed by atoms with E-state index < -0.39 is 46.1 Å². The maximum Gasteiger partial charge on any atom is 0.287 e. The smallest absolute Gasteiger partial charge is 0.287 e. The Kier molecular flexibility index (Phi) is 4.84. The van der Waals surface area contributed by atoms with E-state index in [2.05, 4.69) is 20.8 Å². The van der Waals surface area contributed by atoms with Gasteiger partial charge in [-0.3, -0.25) is 4.79 Å². The van der Waals surface area contributed by atoms with Crippen LogP contribution in [-0.2, 0) is 17.6 Å². The van der Waals surface area contributed by atoms with Crippen LogP contribution in [0.1, 0.15) is 40.7 Å². The molecular weight excluding hydrogens is 454 g/mol. The fourth-order valence-corrected chi connectivity index (χ4v) is 5.65. The van der Waals surface area contributed by atoms with Crippen molar-refractivity contribution in [1.29, 1.82) is 0 Å². The van der Waals surface area contributed by atoms with Crippen LogP contribution in [0.15, 0.2) is 48.8 Å². The van der Waals surface area contributed by atoms with Crippen molar-refractivity contribution in [2.75, 3.05) is 7.05 Å². The summed E-state index contributed by atoms with van der Waals surface area (Å²) in [4.78, 5) is 11.8. The number of aromatic nitrogens is 4. The van der Waals surface area contributed by atoms with Gasteiger partial charge in [0.25, 0.3) is 11.8 Å². The van der Waals surface area contributed by atoms with Crippen LogP contribution < -0.4 is 5.32 Å². The number of alkyl halides is 2. The van der Waals surface area contributed by atoms with Crippen molar-refractivity contribution >= 4 is 5.91 Å². The Labute approximate surface area is 191 Å². The van der Waals surface area contributed by atoms with E-state index in [-0.39, 0.29) is 25.2 Å². The lowest BCUT2D eigenvalue weighted by molar-refractivity contribution is -0.347. The van der Waals surface area contributed by atoms with Crippen molar-refractivity contribution in [3.8, 4) is 0 Å². The molecule has 178 valence electrons. The molecule has 2 N–H and O–H groups in total. The monoisotopic (exact) mass is 475 g/mol. The third kappa shape index (κ3) is 2.99. The number of hydrogen-bond donors (Lipinski definition) is 2. The Morgan fingerprint density at radius 3 is 2.38 bits per heavy atom. The normalized spacial score (nSPS) is 25.1. The summed E-state index contributed by atoms with van der Waals surface area (Å²) in [5.41, 5.74) is -4.52. The van der Waals surface area contributed by atoms with Crippen LogP contribution in [0.4, 0.5) is 17.6 Å². The molecule has 1 atom stereocenters. The van der Waals surface area contributed by atoms with E-state index >= 15 is 8.78 Å². The number of tetrazole rings is 1. The van der Waals surface area contributed by atoms with Crippen molar-refractivity contribution in [3.05, 3.63) is 77.1 Å². The number of carbonyl (C=O) groups is 1. The summed E-state index contributed by atoms with van der Waals surface area (Å²) in [7, 11) is 1.52. The summed E-state index contributed by atoms with van der Waals surface area (Å²) in [5, 5.41) is 24.3. The molecule has 3 aliphatic carbocycles. The van der Waals surface area contributed by atoms with Gasteiger partial charge in [-0.05, 0) is 64.9 Å². The molecule has 0 spiro atoms. The maximum atomic E-state index is 16.2. The van der Waals surface area contributed by atoms with E-state index in [1.807, 2.05) is 0 Å². The van der Waals surface area contributed by atoms with E-state index in [0.29, 0.717) is 11.6 Å². The van der Waals surface area contributed by atoms with E-state index in [1.54, 1.807) is 24.3 Å². The number of benzene rings is 2. The van der Waals surface area contributed by atoms with Crippen molar-refractivity contribution in [3.63, 3.8) is 0 Å². The number of rotatable bonds is 7. The van der Waals surface area contributed by atoms with Gasteiger partial charge in [-0.2, -0.15) is 0 Å². The Bertz CT molecular complexity index is 1230. The number of carbonyl (C=O) groups excluding carboxylic acids is 1. The first kappa shape index (κ1) is 22.5. The minimum atomic E-state index is -3.78. The van der Waals surface area contributed by atoms with Gasteiger partial charge in [-0.25, -0.2) is 22.2 Å². The molecule has 11 heteroatoms. The molecule has 2 bridgehead atoms. The Hall–Kier alpha value is -3.34. The largest absolute Gasteiger partial charge is 0.377 e. The molecule has 1 heterocycles. The average molecular weight is 475 g/mol. The minimum Gasteiger partial charge on any atom is -0.377 e. The summed E-state index contributed by atoms with van der Waals surface area (Å²) in [5.74, 6) is -6.25. The maximum absolute atomic E-state index is 16.2. The van der Waals surface area contributed by atoms with E-state index in [9.17, 15) is 18.7 Å². The third-order valence-electron chi connectivity index (χ3n) is 7.36. The molecule has 1 unspecified atom stereocenters. The number of nitrogens with zero attached hydrogens (tertiary/aromatic N) is 4. The first-order chi connectivity index (χ1) is 16.1. The van der Waals surface area contributed by atoms with Crippen LogP contribution in [0.5, 0.6) is 0 Å². The van der Waals surface area contributed by atoms with Gasteiger partial charge in [-0.15, -0.1) is 5.10 Å². The lowest BCUT2D eigenvalue weighted by Crippen LogP contribution is -2.76. The summed E-state index contributed by atoms with van der Waals surface area (Å²) in [6.45, 7) is -0.814. The average Bonchev–Trinajstić information content (AvgIpc) is 3.24.